The van der Waals surface area contributed by atoms with E-state index in [0.29, 0.717) is 6.42 Å². The molecule has 1 aromatic heterocycles. The summed E-state index contributed by atoms with van der Waals surface area (Å²) in [6, 6.07) is 17.5. The second kappa shape index (κ2) is 9.54. The fraction of sp³-hybridized carbons (Fsp3) is 0.292. The van der Waals surface area contributed by atoms with Gasteiger partial charge in [-0.05, 0) is 54.0 Å². The van der Waals surface area contributed by atoms with E-state index in [0.717, 1.165) is 29.2 Å². The zero-order valence-corrected chi connectivity index (χ0v) is 16.0. The van der Waals surface area contributed by atoms with Crippen molar-refractivity contribution in [3.05, 3.63) is 89.0 Å². The average Bonchev–Trinajstić information content (AvgIpc) is 2.71. The largest absolute Gasteiger partial charge is 0.251 e. The molecule has 0 fully saturated rings. The minimum atomic E-state index is -1.40. The Kier molecular flexibility index (Phi) is 6.85. The van der Waals surface area contributed by atoms with Gasteiger partial charge in [-0.15, -0.1) is 0 Å². The van der Waals surface area contributed by atoms with Crippen LogP contribution in [0.3, 0.4) is 0 Å². The lowest BCUT2D eigenvalue weighted by Gasteiger charge is -2.07. The molecule has 0 aliphatic heterocycles. The van der Waals surface area contributed by atoms with Gasteiger partial charge >= 0.3 is 0 Å². The zero-order chi connectivity index (χ0) is 19.9. The molecule has 0 saturated heterocycles. The van der Waals surface area contributed by atoms with Crippen molar-refractivity contribution in [1.82, 2.24) is 4.98 Å². The van der Waals surface area contributed by atoms with Gasteiger partial charge < -0.3 is 0 Å². The molecule has 0 bridgehead atoms. The van der Waals surface area contributed by atoms with Gasteiger partial charge in [-0.2, -0.15) is 13.8 Å². The maximum atomic E-state index is 13.6. The fourth-order valence-electron chi connectivity index (χ4n) is 3.24. The Morgan fingerprint density at radius 2 is 1.25 bits per heavy atom. The van der Waals surface area contributed by atoms with Crippen LogP contribution in [-0.4, -0.2) is 4.98 Å². The molecule has 28 heavy (non-hydrogen) atoms. The van der Waals surface area contributed by atoms with Crippen LogP contribution in [0.4, 0.5) is 13.2 Å². The number of nitrogens with zero attached hydrogens (tertiary/aromatic N) is 1. The molecule has 0 N–H and O–H groups in total. The minimum absolute atomic E-state index is 0.0849. The number of pyridine rings is 1. The van der Waals surface area contributed by atoms with Gasteiger partial charge in [0.1, 0.15) is 0 Å². The maximum Gasteiger partial charge on any atom is 0.251 e. The predicted molar refractivity (Wildman–Crippen MR) is 107 cm³/mol. The van der Waals surface area contributed by atoms with Crippen molar-refractivity contribution in [3.8, 4) is 11.1 Å². The zero-order valence-electron chi connectivity index (χ0n) is 16.0. The Morgan fingerprint density at radius 3 is 1.82 bits per heavy atom. The second-order valence-electron chi connectivity index (χ2n) is 7.06. The van der Waals surface area contributed by atoms with E-state index in [1.807, 2.05) is 24.3 Å². The monoisotopic (exact) mass is 383 g/mol. The molecule has 0 radical (unpaired) electrons. The molecule has 3 aromatic rings. The molecule has 0 atom stereocenters. The fourth-order valence-corrected chi connectivity index (χ4v) is 3.24. The van der Waals surface area contributed by atoms with Crippen LogP contribution in [0, 0.1) is 17.7 Å². The highest BCUT2D eigenvalue weighted by atomic mass is 19.2. The SMILES string of the molecule is CCCCCc1ccc(-c2ccc(CCc3cc(F)c(F)nc3F)cc2)cc1. The van der Waals surface area contributed by atoms with Crippen LogP contribution in [-0.2, 0) is 19.3 Å². The van der Waals surface area contributed by atoms with E-state index < -0.39 is 17.7 Å². The standard InChI is InChI=1S/C24H24F3N/c1-2-3-4-5-17-6-11-19(12-7-17)20-13-8-18(9-14-20)10-15-21-16-22(25)24(27)28-23(21)26/h6-9,11-14,16H,2-5,10,15H2,1H3. The van der Waals surface area contributed by atoms with Crippen LogP contribution in [0.25, 0.3) is 11.1 Å². The Hall–Kier alpha value is -2.62. The molecule has 1 heterocycles. The summed E-state index contributed by atoms with van der Waals surface area (Å²) in [6.07, 6.45) is 5.61. The number of rotatable bonds is 8. The van der Waals surface area contributed by atoms with Crippen molar-refractivity contribution >= 4 is 0 Å². The normalized spacial score (nSPS) is 11.0. The van der Waals surface area contributed by atoms with Gasteiger partial charge in [-0.1, -0.05) is 68.3 Å². The second-order valence-corrected chi connectivity index (χ2v) is 7.06. The van der Waals surface area contributed by atoms with E-state index in [1.54, 1.807) is 0 Å². The maximum absolute atomic E-state index is 13.6. The number of halogens is 3. The number of aryl methyl sites for hydroxylation is 3. The van der Waals surface area contributed by atoms with Crippen LogP contribution in [0.15, 0.2) is 54.6 Å². The Morgan fingerprint density at radius 1 is 0.679 bits per heavy atom. The molecular weight excluding hydrogens is 359 g/mol. The molecule has 2 aromatic carbocycles. The Balaban J connectivity index is 1.61. The molecule has 0 unspecified atom stereocenters. The summed E-state index contributed by atoms with van der Waals surface area (Å²) < 4.78 is 39.8. The van der Waals surface area contributed by atoms with Crippen molar-refractivity contribution in [1.29, 1.82) is 0 Å². The van der Waals surface area contributed by atoms with Crippen LogP contribution in [0.5, 0.6) is 0 Å². The lowest BCUT2D eigenvalue weighted by Crippen LogP contribution is -2.02. The molecule has 4 heteroatoms. The molecule has 0 amide bonds. The lowest BCUT2D eigenvalue weighted by molar-refractivity contribution is 0.441. The average molecular weight is 383 g/mol. The van der Waals surface area contributed by atoms with Crippen LogP contribution in [0.1, 0.15) is 42.9 Å². The highest BCUT2D eigenvalue weighted by Gasteiger charge is 2.11. The van der Waals surface area contributed by atoms with Gasteiger partial charge in [0, 0.05) is 5.56 Å². The van der Waals surface area contributed by atoms with E-state index in [4.69, 9.17) is 0 Å². The molecule has 1 nitrogen and oxygen atoms in total. The summed E-state index contributed by atoms with van der Waals surface area (Å²) in [5.74, 6) is -3.47. The summed E-state index contributed by atoms with van der Waals surface area (Å²) in [6.45, 7) is 2.21. The topological polar surface area (TPSA) is 12.9 Å². The van der Waals surface area contributed by atoms with E-state index in [2.05, 4.69) is 36.2 Å². The highest BCUT2D eigenvalue weighted by molar-refractivity contribution is 5.64. The third-order valence-corrected chi connectivity index (χ3v) is 4.95. The minimum Gasteiger partial charge on any atom is -0.202 e. The van der Waals surface area contributed by atoms with Crippen molar-refractivity contribution in [2.24, 2.45) is 0 Å². The predicted octanol–water partition coefficient (Wildman–Crippen LogP) is 6.68. The van der Waals surface area contributed by atoms with Crippen molar-refractivity contribution in [3.63, 3.8) is 0 Å². The molecule has 0 saturated carbocycles. The first-order chi connectivity index (χ1) is 13.6. The smallest absolute Gasteiger partial charge is 0.202 e. The first-order valence-electron chi connectivity index (χ1n) is 9.75. The van der Waals surface area contributed by atoms with Gasteiger partial charge in [0.05, 0.1) is 0 Å². The van der Waals surface area contributed by atoms with Gasteiger partial charge in [-0.25, -0.2) is 4.39 Å². The van der Waals surface area contributed by atoms with Crippen LogP contribution >= 0.6 is 0 Å². The van der Waals surface area contributed by atoms with Crippen molar-refractivity contribution in [2.45, 2.75) is 45.4 Å². The van der Waals surface area contributed by atoms with E-state index >= 15 is 0 Å². The number of unbranched alkanes of at least 4 members (excludes halogenated alkanes) is 2. The summed E-state index contributed by atoms with van der Waals surface area (Å²) >= 11 is 0. The summed E-state index contributed by atoms with van der Waals surface area (Å²) in [5, 5.41) is 0. The molecule has 3 rings (SSSR count). The molecule has 0 aliphatic rings. The van der Waals surface area contributed by atoms with Crippen LogP contribution < -0.4 is 0 Å². The van der Waals surface area contributed by atoms with Gasteiger partial charge in [-0.3, -0.25) is 0 Å². The van der Waals surface area contributed by atoms with Gasteiger partial charge in [0.2, 0.25) is 5.95 Å². The van der Waals surface area contributed by atoms with Crippen molar-refractivity contribution in [2.75, 3.05) is 0 Å². The number of aromatic nitrogens is 1. The highest BCUT2D eigenvalue weighted by Crippen LogP contribution is 2.22. The quantitative estimate of drug-likeness (QED) is 0.312. The van der Waals surface area contributed by atoms with E-state index in [9.17, 15) is 13.2 Å². The van der Waals surface area contributed by atoms with E-state index in [1.165, 1.54) is 24.8 Å². The molecule has 0 spiro atoms. The van der Waals surface area contributed by atoms with Crippen LogP contribution in [0.2, 0.25) is 0 Å². The number of hydrogen-bond donors (Lipinski definition) is 0. The van der Waals surface area contributed by atoms with Gasteiger partial charge in [0.15, 0.2) is 5.82 Å². The Bertz CT molecular complexity index is 902. The number of benzene rings is 2. The third-order valence-electron chi connectivity index (χ3n) is 4.95. The lowest BCUT2D eigenvalue weighted by atomic mass is 9.99. The molecule has 146 valence electrons. The van der Waals surface area contributed by atoms with Gasteiger partial charge in [0.25, 0.3) is 5.95 Å². The summed E-state index contributed by atoms with van der Waals surface area (Å²) in [5.41, 5.74) is 4.72. The van der Waals surface area contributed by atoms with Crippen molar-refractivity contribution < 1.29 is 13.2 Å². The first kappa shape index (κ1) is 20.1. The first-order valence-corrected chi connectivity index (χ1v) is 9.75. The Labute approximate surface area is 164 Å². The van der Waals surface area contributed by atoms with E-state index in [-0.39, 0.29) is 12.0 Å². The third kappa shape index (κ3) is 5.22. The number of hydrogen-bond acceptors (Lipinski definition) is 1. The summed E-state index contributed by atoms with van der Waals surface area (Å²) in [4.78, 5) is 2.96. The summed E-state index contributed by atoms with van der Waals surface area (Å²) in [7, 11) is 0. The molecular formula is C24H24F3N. The molecule has 0 aliphatic carbocycles.